The van der Waals surface area contributed by atoms with Crippen molar-refractivity contribution in [3.05, 3.63) is 42.1 Å². The van der Waals surface area contributed by atoms with Gasteiger partial charge in [0.1, 0.15) is 0 Å². The quantitative estimate of drug-likeness (QED) is 0.790. The molecule has 3 N–H and O–H groups in total. The average molecular weight is 326 g/mol. The Morgan fingerprint density at radius 3 is 2.62 bits per heavy atom. The second kappa shape index (κ2) is 5.63. The van der Waals surface area contributed by atoms with Gasteiger partial charge in [0.2, 0.25) is 0 Å². The van der Waals surface area contributed by atoms with Crippen LogP contribution in [0.4, 0.5) is 10.6 Å². The average Bonchev–Trinajstić information content (AvgIpc) is 3.48. The zero-order chi connectivity index (χ0) is 16.7. The molecule has 4 rings (SSSR count). The molecule has 24 heavy (non-hydrogen) atoms. The molecule has 0 radical (unpaired) electrons. The number of nitrogens with zero attached hydrogens (tertiary/aromatic N) is 2. The lowest BCUT2D eigenvalue weighted by molar-refractivity contribution is 0.151. The number of nitrogens with one attached hydrogen (secondary N) is 2. The lowest BCUT2D eigenvalue weighted by atomic mass is 10.1. The summed E-state index contributed by atoms with van der Waals surface area (Å²) in [6.45, 7) is 2.03. The molecule has 2 amide bonds. The van der Waals surface area contributed by atoms with Crippen LogP contribution in [-0.4, -0.2) is 27.0 Å². The van der Waals surface area contributed by atoms with Gasteiger partial charge in [-0.15, -0.1) is 5.10 Å². The summed E-state index contributed by atoms with van der Waals surface area (Å²) < 4.78 is 1.71. The highest BCUT2D eigenvalue weighted by Gasteiger charge is 2.41. The number of hydrogen-bond donors (Lipinski definition) is 3. The summed E-state index contributed by atoms with van der Waals surface area (Å²) in [6, 6.07) is 9.47. The van der Waals surface area contributed by atoms with Gasteiger partial charge >= 0.3 is 6.03 Å². The molecule has 1 aromatic heterocycles. The fraction of sp³-hybridized carbons (Fsp3) is 0.444. The topological polar surface area (TPSA) is 79.2 Å². The van der Waals surface area contributed by atoms with Crippen LogP contribution in [-0.2, 0) is 5.60 Å². The molecule has 0 unspecified atom stereocenters. The smallest absolute Gasteiger partial charge is 0.320 e. The first-order valence-electron chi connectivity index (χ1n) is 8.50. The molecule has 0 spiro atoms. The lowest BCUT2D eigenvalue weighted by Gasteiger charge is -2.12. The van der Waals surface area contributed by atoms with E-state index in [1.54, 1.807) is 16.9 Å². The Hall–Kier alpha value is -2.34. The maximum atomic E-state index is 12.0. The molecule has 0 saturated heterocycles. The third kappa shape index (κ3) is 3.14. The summed E-state index contributed by atoms with van der Waals surface area (Å²) in [4.78, 5) is 12.0. The number of aliphatic hydroxyl groups is 1. The second-order valence-electron chi connectivity index (χ2n) is 6.95. The maximum Gasteiger partial charge on any atom is 0.320 e. The molecular formula is C18H22N4O2. The van der Waals surface area contributed by atoms with Crippen molar-refractivity contribution in [3.8, 4) is 5.69 Å². The molecule has 2 fully saturated rings. The third-order valence-corrected chi connectivity index (χ3v) is 4.91. The predicted molar refractivity (Wildman–Crippen MR) is 91.0 cm³/mol. The van der Waals surface area contributed by atoms with Crippen molar-refractivity contribution in [2.24, 2.45) is 5.92 Å². The Labute approximate surface area is 140 Å². The van der Waals surface area contributed by atoms with Crippen molar-refractivity contribution < 1.29 is 9.90 Å². The Kier molecular flexibility index (Phi) is 3.57. The second-order valence-corrected chi connectivity index (χ2v) is 6.95. The zero-order valence-corrected chi connectivity index (χ0v) is 13.7. The van der Waals surface area contributed by atoms with Gasteiger partial charge in [0.25, 0.3) is 0 Å². The standard InChI is InChI=1S/C18H22N4O2/c1-12(13-2-3-13)19-17(23)20-16-8-11-22(21-16)15-6-4-14(5-7-15)18(24)9-10-18/h4-8,11-13,24H,2-3,9-10H2,1H3,(H2,19,20,21,23)/t12-/m0/s1. The van der Waals surface area contributed by atoms with Crippen LogP contribution in [0.15, 0.2) is 36.5 Å². The van der Waals surface area contributed by atoms with Crippen LogP contribution >= 0.6 is 0 Å². The van der Waals surface area contributed by atoms with Crippen LogP contribution in [0.1, 0.15) is 38.2 Å². The van der Waals surface area contributed by atoms with Crippen LogP contribution in [0.2, 0.25) is 0 Å². The monoisotopic (exact) mass is 326 g/mol. The van der Waals surface area contributed by atoms with Crippen molar-refractivity contribution in [2.45, 2.75) is 44.2 Å². The highest BCUT2D eigenvalue weighted by molar-refractivity contribution is 5.88. The number of benzene rings is 1. The van der Waals surface area contributed by atoms with Gasteiger partial charge < -0.3 is 10.4 Å². The first-order valence-corrected chi connectivity index (χ1v) is 8.50. The van der Waals surface area contributed by atoms with Gasteiger partial charge in [-0.25, -0.2) is 9.48 Å². The maximum absolute atomic E-state index is 12.0. The van der Waals surface area contributed by atoms with E-state index >= 15 is 0 Å². The van der Waals surface area contributed by atoms with Crippen molar-refractivity contribution >= 4 is 11.8 Å². The van der Waals surface area contributed by atoms with Crippen LogP contribution in [0.25, 0.3) is 5.69 Å². The number of carbonyl (C=O) groups excluding carboxylic acids is 1. The molecule has 0 aliphatic heterocycles. The van der Waals surface area contributed by atoms with E-state index in [1.165, 1.54) is 12.8 Å². The number of urea groups is 1. The first kappa shape index (κ1) is 15.2. The fourth-order valence-electron chi connectivity index (χ4n) is 2.94. The summed E-state index contributed by atoms with van der Waals surface area (Å²) >= 11 is 0. The van der Waals surface area contributed by atoms with E-state index in [2.05, 4.69) is 15.7 Å². The van der Waals surface area contributed by atoms with Gasteiger partial charge in [-0.05, 0) is 56.2 Å². The molecule has 6 nitrogen and oxygen atoms in total. The van der Waals surface area contributed by atoms with Crippen molar-refractivity contribution in [1.82, 2.24) is 15.1 Å². The Morgan fingerprint density at radius 1 is 1.29 bits per heavy atom. The normalized spacial score (nSPS) is 19.6. The van der Waals surface area contributed by atoms with Gasteiger partial charge in [0, 0.05) is 18.3 Å². The number of carbonyl (C=O) groups is 1. The highest BCUT2D eigenvalue weighted by atomic mass is 16.3. The van der Waals surface area contributed by atoms with E-state index in [0.29, 0.717) is 11.7 Å². The van der Waals surface area contributed by atoms with E-state index in [9.17, 15) is 9.90 Å². The Balaban J connectivity index is 1.39. The zero-order valence-electron chi connectivity index (χ0n) is 13.7. The van der Waals surface area contributed by atoms with Crippen molar-refractivity contribution in [1.29, 1.82) is 0 Å². The van der Waals surface area contributed by atoms with Crippen LogP contribution in [0, 0.1) is 5.92 Å². The number of amides is 2. The molecule has 1 aromatic carbocycles. The van der Waals surface area contributed by atoms with Gasteiger partial charge in [-0.1, -0.05) is 12.1 Å². The van der Waals surface area contributed by atoms with Crippen LogP contribution < -0.4 is 10.6 Å². The molecule has 2 aromatic rings. The van der Waals surface area contributed by atoms with Crippen LogP contribution in [0.3, 0.4) is 0 Å². The Morgan fingerprint density at radius 2 is 2.00 bits per heavy atom. The molecule has 2 aliphatic rings. The number of aromatic nitrogens is 2. The molecule has 6 heteroatoms. The fourth-order valence-corrected chi connectivity index (χ4v) is 2.94. The van der Waals surface area contributed by atoms with E-state index in [-0.39, 0.29) is 12.1 Å². The minimum Gasteiger partial charge on any atom is -0.385 e. The predicted octanol–water partition coefficient (Wildman–Crippen LogP) is 2.77. The van der Waals surface area contributed by atoms with Gasteiger partial charge in [0.15, 0.2) is 5.82 Å². The largest absolute Gasteiger partial charge is 0.385 e. The number of anilines is 1. The van der Waals surface area contributed by atoms with E-state index in [4.69, 9.17) is 0 Å². The lowest BCUT2D eigenvalue weighted by Crippen LogP contribution is -2.37. The van der Waals surface area contributed by atoms with Gasteiger partial charge in [-0.2, -0.15) is 0 Å². The first-order chi connectivity index (χ1) is 11.5. The molecule has 2 aliphatic carbocycles. The minimum atomic E-state index is -0.619. The third-order valence-electron chi connectivity index (χ3n) is 4.91. The van der Waals surface area contributed by atoms with Crippen molar-refractivity contribution in [2.75, 3.05) is 5.32 Å². The summed E-state index contributed by atoms with van der Waals surface area (Å²) in [7, 11) is 0. The summed E-state index contributed by atoms with van der Waals surface area (Å²) in [5.74, 6) is 1.13. The molecular weight excluding hydrogens is 304 g/mol. The molecule has 1 heterocycles. The molecule has 1 atom stereocenters. The van der Waals surface area contributed by atoms with E-state index in [1.807, 2.05) is 31.2 Å². The highest BCUT2D eigenvalue weighted by Crippen LogP contribution is 2.45. The Bertz CT molecular complexity index is 745. The van der Waals surface area contributed by atoms with Gasteiger partial charge in [-0.3, -0.25) is 5.32 Å². The number of rotatable bonds is 5. The number of hydrogen-bond acceptors (Lipinski definition) is 3. The summed E-state index contributed by atoms with van der Waals surface area (Å²) in [5, 5.41) is 20.2. The molecule has 126 valence electrons. The van der Waals surface area contributed by atoms with E-state index in [0.717, 1.165) is 24.1 Å². The SMILES string of the molecule is C[C@H](NC(=O)Nc1ccn(-c2ccc(C3(O)CC3)cc2)n1)C1CC1. The molecule has 2 saturated carbocycles. The summed E-state index contributed by atoms with van der Waals surface area (Å²) in [6.07, 6.45) is 5.86. The minimum absolute atomic E-state index is 0.202. The van der Waals surface area contributed by atoms with Gasteiger partial charge in [0.05, 0.1) is 11.3 Å². The molecule has 0 bridgehead atoms. The van der Waals surface area contributed by atoms with Crippen LogP contribution in [0.5, 0.6) is 0 Å². The van der Waals surface area contributed by atoms with E-state index < -0.39 is 5.60 Å². The van der Waals surface area contributed by atoms with Crippen molar-refractivity contribution in [3.63, 3.8) is 0 Å². The summed E-state index contributed by atoms with van der Waals surface area (Å²) in [5.41, 5.74) is 1.22.